The van der Waals surface area contributed by atoms with Crippen LogP contribution in [-0.4, -0.2) is 34.1 Å². The minimum absolute atomic E-state index is 0.00885. The first-order valence-corrected chi connectivity index (χ1v) is 8.74. The number of hydrogen-bond acceptors (Lipinski definition) is 4. The predicted octanol–water partition coefficient (Wildman–Crippen LogP) is 2.83. The van der Waals surface area contributed by atoms with Gasteiger partial charge in [0.1, 0.15) is 0 Å². The second-order valence-electron chi connectivity index (χ2n) is 6.60. The minimum Gasteiger partial charge on any atom is -0.396 e. The number of hydrogen-bond donors (Lipinski definition) is 2. The lowest BCUT2D eigenvalue weighted by Gasteiger charge is -2.15. The van der Waals surface area contributed by atoms with Crippen LogP contribution in [0.5, 0.6) is 0 Å². The van der Waals surface area contributed by atoms with Crippen molar-refractivity contribution in [2.75, 3.05) is 13.2 Å². The van der Waals surface area contributed by atoms with E-state index in [-0.39, 0.29) is 18.4 Å². The molecule has 1 atom stereocenters. The number of aliphatic hydroxyl groups excluding tert-OH is 1. The lowest BCUT2D eigenvalue weighted by Crippen LogP contribution is -2.32. The molecule has 0 saturated carbocycles. The number of aryl methyl sites for hydroxylation is 2. The number of benzene rings is 1. The molecule has 2 N–H and O–H groups in total. The molecule has 5 heteroatoms. The number of carbonyl (C=O) groups excluding carboxylic acids is 1. The van der Waals surface area contributed by atoms with Crippen LogP contribution in [0.1, 0.15) is 27.3 Å². The summed E-state index contributed by atoms with van der Waals surface area (Å²) < 4.78 is 0. The van der Waals surface area contributed by atoms with E-state index in [1.54, 1.807) is 6.20 Å². The zero-order valence-electron chi connectivity index (χ0n) is 15.1. The normalized spacial score (nSPS) is 12.1. The lowest BCUT2D eigenvalue weighted by atomic mass is 10.0. The van der Waals surface area contributed by atoms with E-state index in [9.17, 15) is 9.90 Å². The van der Waals surface area contributed by atoms with Crippen LogP contribution in [0, 0.1) is 19.8 Å². The maximum atomic E-state index is 12.6. The van der Waals surface area contributed by atoms with Gasteiger partial charge in [0.15, 0.2) is 0 Å². The second-order valence-corrected chi connectivity index (χ2v) is 6.60. The van der Waals surface area contributed by atoms with Gasteiger partial charge in [-0.3, -0.25) is 14.8 Å². The number of aromatic nitrogens is 2. The fourth-order valence-corrected chi connectivity index (χ4v) is 2.95. The Hall–Kier alpha value is -2.79. The molecule has 26 heavy (non-hydrogen) atoms. The Morgan fingerprint density at radius 1 is 1.19 bits per heavy atom. The third-order valence-corrected chi connectivity index (χ3v) is 4.44. The molecule has 0 saturated heterocycles. The van der Waals surface area contributed by atoms with Gasteiger partial charge in [0, 0.05) is 36.3 Å². The highest BCUT2D eigenvalue weighted by molar-refractivity contribution is 5.98. The third kappa shape index (κ3) is 4.24. The first kappa shape index (κ1) is 18.0. The lowest BCUT2D eigenvalue weighted by molar-refractivity contribution is 0.0939. The van der Waals surface area contributed by atoms with E-state index in [4.69, 9.17) is 0 Å². The summed E-state index contributed by atoms with van der Waals surface area (Å²) in [5.41, 5.74) is 4.20. The second kappa shape index (κ2) is 8.06. The summed E-state index contributed by atoms with van der Waals surface area (Å²) in [6, 6.07) is 13.6. The Morgan fingerprint density at radius 2 is 2.04 bits per heavy atom. The highest BCUT2D eigenvalue weighted by Crippen LogP contribution is 2.18. The first-order chi connectivity index (χ1) is 12.6. The zero-order valence-corrected chi connectivity index (χ0v) is 15.1. The van der Waals surface area contributed by atoms with Crippen molar-refractivity contribution in [3.8, 4) is 0 Å². The van der Waals surface area contributed by atoms with Gasteiger partial charge in [-0.1, -0.05) is 18.2 Å². The summed E-state index contributed by atoms with van der Waals surface area (Å²) in [7, 11) is 0. The molecule has 0 aliphatic carbocycles. The van der Waals surface area contributed by atoms with Gasteiger partial charge < -0.3 is 10.4 Å². The number of nitrogens with zero attached hydrogens (tertiary/aromatic N) is 2. The van der Waals surface area contributed by atoms with E-state index < -0.39 is 0 Å². The highest BCUT2D eigenvalue weighted by Gasteiger charge is 2.15. The van der Waals surface area contributed by atoms with Crippen molar-refractivity contribution in [1.29, 1.82) is 0 Å². The van der Waals surface area contributed by atoms with Crippen molar-refractivity contribution in [3.05, 3.63) is 71.2 Å². The fourth-order valence-electron chi connectivity index (χ4n) is 2.95. The molecule has 0 aliphatic heterocycles. The van der Waals surface area contributed by atoms with E-state index >= 15 is 0 Å². The van der Waals surface area contributed by atoms with Crippen molar-refractivity contribution in [3.63, 3.8) is 0 Å². The van der Waals surface area contributed by atoms with Crippen LogP contribution in [0.25, 0.3) is 10.9 Å². The Balaban J connectivity index is 1.70. The Morgan fingerprint density at radius 3 is 2.77 bits per heavy atom. The molecule has 3 aromatic rings. The molecule has 2 aromatic heterocycles. The molecule has 134 valence electrons. The van der Waals surface area contributed by atoms with E-state index in [1.165, 1.54) is 0 Å². The minimum atomic E-state index is -0.169. The largest absolute Gasteiger partial charge is 0.396 e. The third-order valence-electron chi connectivity index (χ3n) is 4.44. The van der Waals surface area contributed by atoms with Gasteiger partial charge in [0.25, 0.3) is 5.91 Å². The molecule has 0 unspecified atom stereocenters. The van der Waals surface area contributed by atoms with E-state index in [0.29, 0.717) is 24.2 Å². The van der Waals surface area contributed by atoms with Gasteiger partial charge >= 0.3 is 0 Å². The van der Waals surface area contributed by atoms with Crippen LogP contribution >= 0.6 is 0 Å². The van der Waals surface area contributed by atoms with Crippen molar-refractivity contribution in [2.24, 2.45) is 5.92 Å². The Labute approximate surface area is 153 Å². The molecule has 0 aliphatic rings. The average Bonchev–Trinajstić information content (AvgIpc) is 2.65. The van der Waals surface area contributed by atoms with Crippen LogP contribution in [0.2, 0.25) is 0 Å². The van der Waals surface area contributed by atoms with E-state index in [2.05, 4.69) is 15.3 Å². The monoisotopic (exact) mass is 349 g/mol. The molecule has 0 fully saturated rings. The van der Waals surface area contributed by atoms with Crippen LogP contribution in [-0.2, 0) is 6.42 Å². The van der Waals surface area contributed by atoms with E-state index in [0.717, 1.165) is 22.2 Å². The highest BCUT2D eigenvalue weighted by atomic mass is 16.3. The molecule has 1 aromatic carbocycles. The summed E-state index contributed by atoms with van der Waals surface area (Å²) in [5.74, 6) is -0.248. The van der Waals surface area contributed by atoms with Crippen molar-refractivity contribution >= 4 is 16.8 Å². The summed E-state index contributed by atoms with van der Waals surface area (Å²) >= 11 is 0. The van der Waals surface area contributed by atoms with Gasteiger partial charge in [0.2, 0.25) is 0 Å². The molecular formula is C21H23N3O2. The van der Waals surface area contributed by atoms with E-state index in [1.807, 2.05) is 56.3 Å². The summed E-state index contributed by atoms with van der Waals surface area (Å²) in [6.07, 6.45) is 2.35. The Bertz CT molecular complexity index is 910. The number of pyridine rings is 2. The number of nitrogens with one attached hydrogen (secondary N) is 1. The molecule has 0 bridgehead atoms. The summed E-state index contributed by atoms with van der Waals surface area (Å²) in [4.78, 5) is 21.4. The molecule has 3 rings (SSSR count). The van der Waals surface area contributed by atoms with Crippen molar-refractivity contribution < 1.29 is 9.90 Å². The standard InChI is InChI=1S/C21H23N3O2/c1-14-6-7-17-11-19(15(2)24-20(17)9-14)21(26)23-12-16(13-25)10-18-5-3-4-8-22-18/h3-9,11,16,25H,10,12-13H2,1-2H3,(H,23,26)/t16-/m1/s1. The molecule has 0 spiro atoms. The van der Waals surface area contributed by atoms with Crippen molar-refractivity contribution in [2.45, 2.75) is 20.3 Å². The van der Waals surface area contributed by atoms with Crippen LogP contribution in [0.4, 0.5) is 0 Å². The van der Waals surface area contributed by atoms with Crippen molar-refractivity contribution in [1.82, 2.24) is 15.3 Å². The topological polar surface area (TPSA) is 75.1 Å². The number of fused-ring (bicyclic) bond motifs is 1. The SMILES string of the molecule is Cc1ccc2cc(C(=O)NC[C@H](CO)Cc3ccccn3)c(C)nc2c1. The quantitative estimate of drug-likeness (QED) is 0.717. The zero-order chi connectivity index (χ0) is 18.5. The van der Waals surface area contributed by atoms with Gasteiger partial charge in [-0.05, 0) is 50.1 Å². The van der Waals surface area contributed by atoms with Crippen LogP contribution in [0.3, 0.4) is 0 Å². The smallest absolute Gasteiger partial charge is 0.253 e. The van der Waals surface area contributed by atoms with Crippen LogP contribution < -0.4 is 5.32 Å². The van der Waals surface area contributed by atoms with Gasteiger partial charge in [-0.15, -0.1) is 0 Å². The van der Waals surface area contributed by atoms with Gasteiger partial charge in [-0.25, -0.2) is 0 Å². The summed E-state index contributed by atoms with van der Waals surface area (Å²) in [6.45, 7) is 4.24. The molecule has 1 amide bonds. The maximum absolute atomic E-state index is 12.6. The number of amides is 1. The first-order valence-electron chi connectivity index (χ1n) is 8.74. The number of carbonyl (C=O) groups is 1. The molecule has 2 heterocycles. The summed E-state index contributed by atoms with van der Waals surface area (Å²) in [5, 5.41) is 13.5. The number of rotatable bonds is 6. The predicted molar refractivity (Wildman–Crippen MR) is 102 cm³/mol. The van der Waals surface area contributed by atoms with Gasteiger partial charge in [-0.2, -0.15) is 0 Å². The molecule has 0 radical (unpaired) electrons. The maximum Gasteiger partial charge on any atom is 0.253 e. The molecular weight excluding hydrogens is 326 g/mol. The average molecular weight is 349 g/mol. The Kier molecular flexibility index (Phi) is 5.58. The number of aliphatic hydroxyl groups is 1. The molecule has 5 nitrogen and oxygen atoms in total. The van der Waals surface area contributed by atoms with Crippen LogP contribution in [0.15, 0.2) is 48.7 Å². The van der Waals surface area contributed by atoms with Gasteiger partial charge in [0.05, 0.1) is 16.8 Å². The fraction of sp³-hybridized carbons (Fsp3) is 0.286.